The number of hydrogen-bond donors (Lipinski definition) is 4. The van der Waals surface area contributed by atoms with Gasteiger partial charge < -0.3 is 20.3 Å². The van der Waals surface area contributed by atoms with E-state index in [1.165, 1.54) is 0 Å². The molecule has 0 atom stereocenters. The molecule has 0 amide bonds. The largest absolute Gasteiger partial charge is 0.477 e. The van der Waals surface area contributed by atoms with Crippen LogP contribution in [0.25, 0.3) is 10.9 Å². The number of aliphatic carboxylic acids is 2. The highest BCUT2D eigenvalue weighted by Crippen LogP contribution is 2.13. The molecule has 7 nitrogen and oxygen atoms in total. The van der Waals surface area contributed by atoms with Crippen LogP contribution in [0.4, 0.5) is 0 Å². The smallest absolute Gasteiger partial charge is 0.414 e. The molecule has 0 saturated heterocycles. The summed E-state index contributed by atoms with van der Waals surface area (Å²) in [6.07, 6.45) is 0. The van der Waals surface area contributed by atoms with Crippen LogP contribution in [0.1, 0.15) is 10.5 Å². The zero-order valence-corrected chi connectivity index (χ0v) is 8.95. The van der Waals surface area contributed by atoms with Gasteiger partial charge in [-0.3, -0.25) is 0 Å². The molecule has 1 heterocycles. The van der Waals surface area contributed by atoms with Gasteiger partial charge in [-0.1, -0.05) is 18.2 Å². The van der Waals surface area contributed by atoms with Gasteiger partial charge >= 0.3 is 17.9 Å². The molecule has 0 unspecified atom stereocenters. The van der Waals surface area contributed by atoms with E-state index in [4.69, 9.17) is 24.9 Å². The van der Waals surface area contributed by atoms with Crippen LogP contribution in [0.3, 0.4) is 0 Å². The molecule has 7 heteroatoms. The number of aromatic nitrogens is 1. The average Bonchev–Trinajstić information content (AvgIpc) is 2.73. The molecule has 0 aliphatic heterocycles. The Labute approximate surface area is 100 Å². The minimum absolute atomic E-state index is 0.233. The summed E-state index contributed by atoms with van der Waals surface area (Å²) in [6.45, 7) is 0. The Morgan fingerprint density at radius 3 is 1.94 bits per heavy atom. The van der Waals surface area contributed by atoms with E-state index in [1.54, 1.807) is 6.07 Å². The van der Waals surface area contributed by atoms with Crippen molar-refractivity contribution in [3.05, 3.63) is 36.0 Å². The maximum absolute atomic E-state index is 10.5. The van der Waals surface area contributed by atoms with Gasteiger partial charge in [-0.05, 0) is 12.1 Å². The first-order valence-corrected chi connectivity index (χ1v) is 4.69. The quantitative estimate of drug-likeness (QED) is 0.560. The summed E-state index contributed by atoms with van der Waals surface area (Å²) in [4.78, 5) is 31.5. The highest BCUT2D eigenvalue weighted by molar-refractivity contribution is 6.27. The normalized spacial score (nSPS) is 9.33. The molecular weight excluding hydrogens is 242 g/mol. The van der Waals surface area contributed by atoms with E-state index in [-0.39, 0.29) is 5.69 Å². The van der Waals surface area contributed by atoms with Crippen LogP contribution in [0.5, 0.6) is 0 Å². The predicted octanol–water partition coefficient (Wildman–Crippen LogP) is 1.02. The van der Waals surface area contributed by atoms with Crippen LogP contribution in [0.2, 0.25) is 0 Å². The van der Waals surface area contributed by atoms with Gasteiger partial charge in [-0.15, -0.1) is 0 Å². The van der Waals surface area contributed by atoms with Gasteiger partial charge in [0, 0.05) is 10.9 Å². The summed E-state index contributed by atoms with van der Waals surface area (Å²) in [5.74, 6) is -4.57. The molecule has 2 rings (SSSR count). The van der Waals surface area contributed by atoms with E-state index in [9.17, 15) is 4.79 Å². The Bertz CT molecular complexity index is 555. The molecule has 1 aromatic heterocycles. The van der Waals surface area contributed by atoms with Crippen LogP contribution in [0, 0.1) is 0 Å². The summed E-state index contributed by atoms with van der Waals surface area (Å²) < 4.78 is 0. The standard InChI is InChI=1S/C9H7NO2.C2H2O4/c11-9(12)8-5-6-3-1-2-4-7(6)10-8;3-1(4)2(5)6/h1-5,10H,(H,11,12);(H,3,4)(H,5,6). The fourth-order valence-electron chi connectivity index (χ4n) is 1.19. The first-order chi connectivity index (χ1) is 8.41. The van der Waals surface area contributed by atoms with E-state index in [0.29, 0.717) is 0 Å². The van der Waals surface area contributed by atoms with Crippen molar-refractivity contribution in [2.45, 2.75) is 0 Å². The lowest BCUT2D eigenvalue weighted by Crippen LogP contribution is -2.09. The number of aromatic carboxylic acids is 1. The van der Waals surface area contributed by atoms with E-state index in [2.05, 4.69) is 4.98 Å². The van der Waals surface area contributed by atoms with Crippen LogP contribution < -0.4 is 0 Å². The lowest BCUT2D eigenvalue weighted by molar-refractivity contribution is -0.159. The second-order valence-electron chi connectivity index (χ2n) is 3.19. The SMILES string of the molecule is O=C(O)C(=O)O.O=C(O)c1cc2ccccc2[nH]1. The van der Waals surface area contributed by atoms with Gasteiger partial charge in [-0.25, -0.2) is 14.4 Å². The summed E-state index contributed by atoms with van der Waals surface area (Å²) in [5, 5.41) is 24.4. The summed E-state index contributed by atoms with van der Waals surface area (Å²) >= 11 is 0. The van der Waals surface area contributed by atoms with Crippen LogP contribution >= 0.6 is 0 Å². The summed E-state index contributed by atoms with van der Waals surface area (Å²) in [6, 6.07) is 9.09. The number of rotatable bonds is 1. The van der Waals surface area contributed by atoms with Crippen molar-refractivity contribution in [2.24, 2.45) is 0 Å². The van der Waals surface area contributed by atoms with Gasteiger partial charge in [0.15, 0.2) is 0 Å². The highest BCUT2D eigenvalue weighted by Gasteiger charge is 2.05. The van der Waals surface area contributed by atoms with Crippen molar-refractivity contribution in [3.8, 4) is 0 Å². The summed E-state index contributed by atoms with van der Waals surface area (Å²) in [5.41, 5.74) is 1.09. The number of carbonyl (C=O) groups is 3. The first kappa shape index (κ1) is 13.2. The molecule has 1 aromatic carbocycles. The third kappa shape index (κ3) is 3.34. The number of hydrogen-bond acceptors (Lipinski definition) is 3. The fourth-order valence-corrected chi connectivity index (χ4v) is 1.19. The molecule has 18 heavy (non-hydrogen) atoms. The van der Waals surface area contributed by atoms with Gasteiger partial charge in [0.25, 0.3) is 0 Å². The second-order valence-corrected chi connectivity index (χ2v) is 3.19. The number of benzene rings is 1. The zero-order chi connectivity index (χ0) is 13.7. The molecular formula is C11H9NO6. The van der Waals surface area contributed by atoms with Gasteiger partial charge in [-0.2, -0.15) is 0 Å². The lowest BCUT2D eigenvalue weighted by atomic mass is 10.2. The molecule has 0 aliphatic rings. The molecule has 94 valence electrons. The Morgan fingerprint density at radius 1 is 0.944 bits per heavy atom. The Kier molecular flexibility index (Phi) is 4.03. The van der Waals surface area contributed by atoms with Crippen LogP contribution in [-0.2, 0) is 9.59 Å². The Hall–Kier alpha value is -2.83. The number of nitrogens with one attached hydrogen (secondary N) is 1. The van der Waals surface area contributed by atoms with Crippen molar-refractivity contribution < 1.29 is 29.7 Å². The van der Waals surface area contributed by atoms with E-state index >= 15 is 0 Å². The Morgan fingerprint density at radius 2 is 1.50 bits per heavy atom. The van der Waals surface area contributed by atoms with Crippen molar-refractivity contribution >= 4 is 28.8 Å². The third-order valence-corrected chi connectivity index (χ3v) is 1.94. The maximum Gasteiger partial charge on any atom is 0.414 e. The van der Waals surface area contributed by atoms with Crippen molar-refractivity contribution in [1.29, 1.82) is 0 Å². The Balaban J connectivity index is 0.000000232. The fraction of sp³-hybridized carbons (Fsp3) is 0. The molecule has 0 aliphatic carbocycles. The zero-order valence-electron chi connectivity index (χ0n) is 8.95. The highest BCUT2D eigenvalue weighted by atomic mass is 16.4. The van der Waals surface area contributed by atoms with Crippen LogP contribution in [-0.4, -0.2) is 38.2 Å². The molecule has 4 N–H and O–H groups in total. The van der Waals surface area contributed by atoms with Crippen molar-refractivity contribution in [2.75, 3.05) is 0 Å². The number of fused-ring (bicyclic) bond motifs is 1. The van der Waals surface area contributed by atoms with Crippen molar-refractivity contribution in [1.82, 2.24) is 4.98 Å². The third-order valence-electron chi connectivity index (χ3n) is 1.94. The maximum atomic E-state index is 10.5. The minimum atomic E-state index is -1.82. The van der Waals surface area contributed by atoms with E-state index in [1.807, 2.05) is 24.3 Å². The topological polar surface area (TPSA) is 128 Å². The summed E-state index contributed by atoms with van der Waals surface area (Å²) in [7, 11) is 0. The molecule has 0 saturated carbocycles. The number of para-hydroxylation sites is 1. The van der Waals surface area contributed by atoms with Gasteiger partial charge in [0.1, 0.15) is 5.69 Å². The monoisotopic (exact) mass is 251 g/mol. The first-order valence-electron chi connectivity index (χ1n) is 4.69. The van der Waals surface area contributed by atoms with Crippen molar-refractivity contribution in [3.63, 3.8) is 0 Å². The predicted molar refractivity (Wildman–Crippen MR) is 60.5 cm³/mol. The average molecular weight is 251 g/mol. The second kappa shape index (κ2) is 5.48. The number of carboxylic acids is 3. The number of H-pyrrole nitrogens is 1. The van der Waals surface area contributed by atoms with Gasteiger partial charge in [0.2, 0.25) is 0 Å². The number of carboxylic acid groups (broad SMARTS) is 3. The molecule has 0 radical (unpaired) electrons. The molecule has 2 aromatic rings. The van der Waals surface area contributed by atoms with E-state index < -0.39 is 17.9 Å². The minimum Gasteiger partial charge on any atom is -0.477 e. The lowest BCUT2D eigenvalue weighted by Gasteiger charge is -1.84. The van der Waals surface area contributed by atoms with Gasteiger partial charge in [0.05, 0.1) is 0 Å². The number of aromatic amines is 1. The van der Waals surface area contributed by atoms with Crippen LogP contribution in [0.15, 0.2) is 30.3 Å². The van der Waals surface area contributed by atoms with E-state index in [0.717, 1.165) is 10.9 Å². The molecule has 0 spiro atoms. The molecule has 0 bridgehead atoms. The molecule has 0 fully saturated rings.